The van der Waals surface area contributed by atoms with E-state index in [4.69, 9.17) is 5.11 Å². The first kappa shape index (κ1) is 17.0. The standard InChI is InChI=1S/C9H16N2O3.Na/c1-2-5-10-6-7-11-8(12)3-4-9(13)14;/h3-4,10H,2,5-7H2,1H3,(H,11,12)(H,13,14);/q;+1/p-1/b4-3+;. The summed E-state index contributed by atoms with van der Waals surface area (Å²) in [5.74, 6) is -1.65. The number of nitrogens with one attached hydrogen (secondary N) is 1. The number of rotatable bonds is 7. The normalized spacial score (nSPS) is 11.4. The number of carboxylic acids is 1. The van der Waals surface area contributed by atoms with Gasteiger partial charge in [-0.25, -0.2) is 4.79 Å². The molecule has 0 fully saturated rings. The molecule has 0 unspecified atom stereocenters. The van der Waals surface area contributed by atoms with Crippen molar-refractivity contribution >= 4 is 11.9 Å². The van der Waals surface area contributed by atoms with E-state index in [1.807, 2.05) is 6.92 Å². The van der Waals surface area contributed by atoms with E-state index >= 15 is 0 Å². The Labute approximate surface area is 112 Å². The van der Waals surface area contributed by atoms with E-state index in [2.05, 4.69) is 10.3 Å². The van der Waals surface area contributed by atoms with Gasteiger partial charge in [0.15, 0.2) is 0 Å². The van der Waals surface area contributed by atoms with Crippen LogP contribution < -0.4 is 40.0 Å². The third-order valence-electron chi connectivity index (χ3n) is 1.35. The molecule has 0 aromatic heterocycles. The van der Waals surface area contributed by atoms with E-state index in [1.54, 1.807) is 0 Å². The van der Waals surface area contributed by atoms with Crippen LogP contribution in [0.1, 0.15) is 13.3 Å². The summed E-state index contributed by atoms with van der Waals surface area (Å²) in [4.78, 5) is 13.6. The SMILES string of the molecule is CCCNCCN=C([O-])/C=C/C(=O)O.[Na+]. The van der Waals surface area contributed by atoms with Gasteiger partial charge in [0.2, 0.25) is 0 Å². The van der Waals surface area contributed by atoms with Gasteiger partial charge in [0.25, 0.3) is 0 Å². The van der Waals surface area contributed by atoms with Crippen molar-refractivity contribution in [1.82, 2.24) is 5.32 Å². The zero-order chi connectivity index (χ0) is 10.8. The molecule has 0 atom stereocenters. The van der Waals surface area contributed by atoms with Crippen molar-refractivity contribution in [3.05, 3.63) is 12.2 Å². The second kappa shape index (κ2) is 11.7. The second-order valence-corrected chi connectivity index (χ2v) is 2.64. The molecule has 0 bridgehead atoms. The number of carboxylic acid groups (broad SMARTS) is 1. The Bertz CT molecular complexity index is 229. The smallest absolute Gasteiger partial charge is 0.859 e. The number of hydrogen-bond donors (Lipinski definition) is 2. The largest absolute Gasteiger partial charge is 1.00 e. The van der Waals surface area contributed by atoms with Gasteiger partial charge in [-0.05, 0) is 24.9 Å². The third kappa shape index (κ3) is 13.6. The predicted molar refractivity (Wildman–Crippen MR) is 52.2 cm³/mol. The molecule has 5 nitrogen and oxygen atoms in total. The zero-order valence-corrected chi connectivity index (χ0v) is 11.2. The Kier molecular flexibility index (Phi) is 13.3. The summed E-state index contributed by atoms with van der Waals surface area (Å²) in [6, 6.07) is 0. The van der Waals surface area contributed by atoms with Crippen LogP contribution in [0.2, 0.25) is 0 Å². The molecule has 6 heteroatoms. The molecular formula is C9H15N2NaO3. The van der Waals surface area contributed by atoms with Gasteiger partial charge in [-0.15, -0.1) is 0 Å². The van der Waals surface area contributed by atoms with Crippen molar-refractivity contribution in [2.24, 2.45) is 4.99 Å². The predicted octanol–water partition coefficient (Wildman–Crippen LogP) is -3.61. The summed E-state index contributed by atoms with van der Waals surface area (Å²) in [6.07, 6.45) is 2.76. The van der Waals surface area contributed by atoms with Crippen LogP contribution in [0.3, 0.4) is 0 Å². The number of aliphatic carboxylic acids is 1. The van der Waals surface area contributed by atoms with Gasteiger partial charge in [-0.2, -0.15) is 0 Å². The number of hydrogen-bond acceptors (Lipinski definition) is 4. The molecular weight excluding hydrogens is 207 g/mol. The van der Waals surface area contributed by atoms with Crippen LogP contribution >= 0.6 is 0 Å². The van der Waals surface area contributed by atoms with Gasteiger partial charge in [-0.1, -0.05) is 6.92 Å². The molecule has 0 radical (unpaired) electrons. The molecule has 2 N–H and O–H groups in total. The average Bonchev–Trinajstić information content (AvgIpc) is 2.14. The summed E-state index contributed by atoms with van der Waals surface area (Å²) in [5, 5.41) is 22.1. The van der Waals surface area contributed by atoms with Gasteiger partial charge < -0.3 is 15.5 Å². The number of nitrogens with zero attached hydrogens (tertiary/aromatic N) is 1. The maximum atomic E-state index is 10.8. The molecule has 0 aliphatic rings. The maximum absolute atomic E-state index is 10.8. The van der Waals surface area contributed by atoms with Crippen molar-refractivity contribution in [2.75, 3.05) is 19.6 Å². The third-order valence-corrected chi connectivity index (χ3v) is 1.35. The van der Waals surface area contributed by atoms with Crippen molar-refractivity contribution in [3.63, 3.8) is 0 Å². The molecule has 0 aliphatic heterocycles. The molecule has 0 aliphatic carbocycles. The van der Waals surface area contributed by atoms with Gasteiger partial charge in [-0.3, -0.25) is 4.99 Å². The maximum Gasteiger partial charge on any atom is 1.00 e. The first-order valence-electron chi connectivity index (χ1n) is 4.50. The molecule has 0 aromatic carbocycles. The van der Waals surface area contributed by atoms with Crippen molar-refractivity contribution in [2.45, 2.75) is 13.3 Å². The van der Waals surface area contributed by atoms with Crippen molar-refractivity contribution in [3.8, 4) is 0 Å². The summed E-state index contributed by atoms with van der Waals surface area (Å²) in [5.41, 5.74) is 0. The molecule has 0 aromatic rings. The summed E-state index contributed by atoms with van der Waals surface area (Å²) >= 11 is 0. The molecule has 15 heavy (non-hydrogen) atoms. The van der Waals surface area contributed by atoms with E-state index in [1.165, 1.54) is 0 Å². The zero-order valence-electron chi connectivity index (χ0n) is 9.19. The van der Waals surface area contributed by atoms with Crippen LogP contribution in [0.5, 0.6) is 0 Å². The molecule has 0 saturated heterocycles. The van der Waals surface area contributed by atoms with Gasteiger partial charge >= 0.3 is 35.5 Å². The Balaban J connectivity index is 0. The van der Waals surface area contributed by atoms with Gasteiger partial charge in [0.1, 0.15) is 0 Å². The van der Waals surface area contributed by atoms with Crippen LogP contribution in [-0.4, -0.2) is 36.6 Å². The van der Waals surface area contributed by atoms with E-state index in [-0.39, 0.29) is 29.6 Å². The van der Waals surface area contributed by atoms with Crippen LogP contribution in [-0.2, 0) is 4.79 Å². The molecule has 0 rings (SSSR count). The molecule has 0 heterocycles. The molecule has 0 spiro atoms. The minimum atomic E-state index is -1.14. The van der Waals surface area contributed by atoms with Crippen LogP contribution in [0.25, 0.3) is 0 Å². The summed E-state index contributed by atoms with van der Waals surface area (Å²) < 4.78 is 0. The van der Waals surface area contributed by atoms with Crippen molar-refractivity contribution < 1.29 is 44.6 Å². The van der Waals surface area contributed by atoms with E-state index in [9.17, 15) is 9.90 Å². The fraction of sp³-hybridized carbons (Fsp3) is 0.556. The monoisotopic (exact) mass is 222 g/mol. The topological polar surface area (TPSA) is 84.8 Å². The average molecular weight is 222 g/mol. The van der Waals surface area contributed by atoms with Crippen LogP contribution in [0.15, 0.2) is 17.1 Å². The van der Waals surface area contributed by atoms with E-state index in [0.717, 1.165) is 25.1 Å². The fourth-order valence-corrected chi connectivity index (χ4v) is 0.742. The van der Waals surface area contributed by atoms with Crippen molar-refractivity contribution in [1.29, 1.82) is 0 Å². The van der Waals surface area contributed by atoms with Gasteiger partial charge in [0, 0.05) is 12.6 Å². The quantitative estimate of drug-likeness (QED) is 0.153. The Hall–Kier alpha value is -0.360. The van der Waals surface area contributed by atoms with E-state index in [0.29, 0.717) is 13.1 Å². The Morgan fingerprint density at radius 2 is 2.13 bits per heavy atom. The summed E-state index contributed by atoms with van der Waals surface area (Å²) in [7, 11) is 0. The minimum absolute atomic E-state index is 0. The molecule has 0 amide bonds. The number of carbonyl (C=O) groups is 1. The van der Waals surface area contributed by atoms with E-state index < -0.39 is 11.9 Å². The first-order chi connectivity index (χ1) is 6.66. The Morgan fingerprint density at radius 1 is 1.47 bits per heavy atom. The van der Waals surface area contributed by atoms with Crippen LogP contribution in [0.4, 0.5) is 0 Å². The molecule has 0 saturated carbocycles. The van der Waals surface area contributed by atoms with Crippen LogP contribution in [0, 0.1) is 0 Å². The van der Waals surface area contributed by atoms with Gasteiger partial charge in [0.05, 0.1) is 6.54 Å². The fourth-order valence-electron chi connectivity index (χ4n) is 0.742. The second-order valence-electron chi connectivity index (χ2n) is 2.64. The first-order valence-corrected chi connectivity index (χ1v) is 4.50. The molecule has 80 valence electrons. The Morgan fingerprint density at radius 3 is 2.67 bits per heavy atom. The summed E-state index contributed by atoms with van der Waals surface area (Å²) in [6.45, 7) is 3.96. The number of aliphatic imine (C=N–C) groups is 1. The minimum Gasteiger partial charge on any atom is -0.859 e.